The number of sulfonamides is 1. The van der Waals surface area contributed by atoms with Crippen LogP contribution in [-0.4, -0.2) is 50.3 Å². The summed E-state index contributed by atoms with van der Waals surface area (Å²) < 4.78 is 31.3. The molecule has 0 aliphatic carbocycles. The average Bonchev–Trinajstić information content (AvgIpc) is 2.98. The van der Waals surface area contributed by atoms with E-state index in [1.807, 2.05) is 0 Å². The fourth-order valence-electron chi connectivity index (χ4n) is 2.23. The Morgan fingerprint density at radius 3 is 2.72 bits per heavy atom. The lowest BCUT2D eigenvalue weighted by Crippen LogP contribution is -2.41. The third-order valence-corrected chi connectivity index (χ3v) is 5.28. The van der Waals surface area contributed by atoms with Crippen molar-refractivity contribution in [3.8, 4) is 0 Å². The molecule has 2 amide bonds. The lowest BCUT2D eigenvalue weighted by molar-refractivity contribution is -0.155. The summed E-state index contributed by atoms with van der Waals surface area (Å²) in [5, 5.41) is 0.235. The predicted octanol–water partition coefficient (Wildman–Crippen LogP) is 0.699. The molecule has 0 spiro atoms. The Morgan fingerprint density at radius 1 is 1.40 bits per heavy atom. The molecular weight excluding hydrogens is 372 g/mol. The summed E-state index contributed by atoms with van der Waals surface area (Å²) in [6.07, 6.45) is 0.865. The number of carbonyl (C=O) groups is 3. The fourth-order valence-corrected chi connectivity index (χ4v) is 3.72. The van der Waals surface area contributed by atoms with Crippen LogP contribution in [0.1, 0.15) is 19.8 Å². The molecule has 0 saturated carbocycles. The quantitative estimate of drug-likeness (QED) is 0.718. The number of nitrogens with one attached hydrogen (secondary N) is 1. The Balaban J connectivity index is 1.91. The summed E-state index contributed by atoms with van der Waals surface area (Å²) in [5.74, 6) is -1.86. The third kappa shape index (κ3) is 5.00. The first-order valence-electron chi connectivity index (χ1n) is 7.48. The number of imide groups is 1. The van der Waals surface area contributed by atoms with Gasteiger partial charge in [-0.15, -0.1) is 0 Å². The molecule has 0 bridgehead atoms. The number of amides is 2. The highest BCUT2D eigenvalue weighted by molar-refractivity contribution is 7.89. The van der Waals surface area contributed by atoms with E-state index in [2.05, 4.69) is 4.72 Å². The summed E-state index contributed by atoms with van der Waals surface area (Å²) in [4.78, 5) is 36.0. The van der Waals surface area contributed by atoms with Crippen LogP contribution in [0.2, 0.25) is 5.02 Å². The molecule has 1 aromatic rings. The van der Waals surface area contributed by atoms with Crippen molar-refractivity contribution in [1.82, 2.24) is 9.62 Å². The molecule has 1 heterocycles. The number of ether oxygens (including phenoxy) is 1. The lowest BCUT2D eigenvalue weighted by Gasteiger charge is -2.16. The van der Waals surface area contributed by atoms with Crippen LogP contribution in [0.4, 0.5) is 0 Å². The van der Waals surface area contributed by atoms with Crippen LogP contribution >= 0.6 is 11.6 Å². The normalized spacial score (nSPS) is 15.9. The zero-order valence-corrected chi connectivity index (χ0v) is 15.0. The molecule has 1 atom stereocenters. The zero-order valence-electron chi connectivity index (χ0n) is 13.4. The number of carbonyl (C=O) groups excluding carboxylic acids is 3. The van der Waals surface area contributed by atoms with Crippen molar-refractivity contribution >= 4 is 39.4 Å². The van der Waals surface area contributed by atoms with E-state index in [9.17, 15) is 22.8 Å². The first-order chi connectivity index (χ1) is 11.7. The number of benzene rings is 1. The highest BCUT2D eigenvalue weighted by Crippen LogP contribution is 2.15. The van der Waals surface area contributed by atoms with E-state index in [-0.39, 0.29) is 22.2 Å². The average molecular weight is 389 g/mol. The van der Waals surface area contributed by atoms with Crippen molar-refractivity contribution < 1.29 is 27.5 Å². The van der Waals surface area contributed by atoms with E-state index in [0.29, 0.717) is 13.0 Å². The minimum atomic E-state index is -3.97. The Morgan fingerprint density at radius 2 is 2.12 bits per heavy atom. The summed E-state index contributed by atoms with van der Waals surface area (Å²) in [6, 6.07) is 4.33. The Labute approximate surface area is 150 Å². The Kier molecular flexibility index (Phi) is 6.15. The van der Waals surface area contributed by atoms with E-state index in [1.165, 1.54) is 31.2 Å². The van der Waals surface area contributed by atoms with Gasteiger partial charge in [0.2, 0.25) is 15.9 Å². The van der Waals surface area contributed by atoms with Gasteiger partial charge in [0.15, 0.2) is 6.61 Å². The minimum absolute atomic E-state index is 0.0987. The van der Waals surface area contributed by atoms with Crippen LogP contribution in [0, 0.1) is 0 Å². The van der Waals surface area contributed by atoms with Gasteiger partial charge in [-0.3, -0.25) is 19.3 Å². The maximum Gasteiger partial charge on any atom is 0.324 e. The van der Waals surface area contributed by atoms with Crippen LogP contribution in [0.3, 0.4) is 0 Å². The van der Waals surface area contributed by atoms with Crippen LogP contribution in [0.5, 0.6) is 0 Å². The van der Waals surface area contributed by atoms with Crippen molar-refractivity contribution in [1.29, 1.82) is 0 Å². The number of nitrogens with zero attached hydrogens (tertiary/aromatic N) is 1. The zero-order chi connectivity index (χ0) is 18.6. The maximum absolute atomic E-state index is 12.2. The van der Waals surface area contributed by atoms with Gasteiger partial charge in [-0.2, -0.15) is 4.72 Å². The van der Waals surface area contributed by atoms with E-state index in [0.717, 1.165) is 4.90 Å². The number of halogens is 1. The molecule has 1 aliphatic heterocycles. The highest BCUT2D eigenvalue weighted by Gasteiger charge is 2.28. The largest absolute Gasteiger partial charge is 0.454 e. The standard InChI is InChI=1S/C15H17ClN2O6S/c1-10(17-25(22,23)12-5-2-4-11(16)8-12)15(21)24-9-14(20)18-7-3-6-13(18)19/h2,4-5,8,10,17H,3,6-7,9H2,1H3/t10-/m0/s1. The van der Waals surface area contributed by atoms with Crippen molar-refractivity contribution in [2.24, 2.45) is 0 Å². The van der Waals surface area contributed by atoms with Gasteiger partial charge in [0.05, 0.1) is 4.90 Å². The number of likely N-dealkylation sites (tertiary alicyclic amines) is 1. The minimum Gasteiger partial charge on any atom is -0.454 e. The molecule has 1 aromatic carbocycles. The van der Waals surface area contributed by atoms with Crippen LogP contribution in [-0.2, 0) is 29.1 Å². The van der Waals surface area contributed by atoms with E-state index >= 15 is 0 Å². The summed E-state index contributed by atoms with van der Waals surface area (Å²) >= 11 is 5.76. The lowest BCUT2D eigenvalue weighted by atomic mass is 10.4. The van der Waals surface area contributed by atoms with Crippen LogP contribution in [0.25, 0.3) is 0 Å². The van der Waals surface area contributed by atoms with Crippen molar-refractivity contribution in [3.05, 3.63) is 29.3 Å². The molecule has 25 heavy (non-hydrogen) atoms. The number of hydrogen-bond acceptors (Lipinski definition) is 6. The predicted molar refractivity (Wildman–Crippen MR) is 88.1 cm³/mol. The van der Waals surface area contributed by atoms with Gasteiger partial charge in [-0.05, 0) is 31.5 Å². The van der Waals surface area contributed by atoms with Gasteiger partial charge in [0.1, 0.15) is 6.04 Å². The van der Waals surface area contributed by atoms with Gasteiger partial charge in [0, 0.05) is 18.0 Å². The molecule has 1 fully saturated rings. The summed E-state index contributed by atoms with van der Waals surface area (Å²) in [7, 11) is -3.97. The van der Waals surface area contributed by atoms with Gasteiger partial charge >= 0.3 is 5.97 Å². The second kappa shape index (κ2) is 7.94. The summed E-state index contributed by atoms with van der Waals surface area (Å²) in [5.41, 5.74) is 0. The Hall–Kier alpha value is -1.97. The van der Waals surface area contributed by atoms with Gasteiger partial charge in [-0.1, -0.05) is 17.7 Å². The summed E-state index contributed by atoms with van der Waals surface area (Å²) in [6.45, 7) is 0.968. The first-order valence-corrected chi connectivity index (χ1v) is 9.34. The molecule has 1 aliphatic rings. The molecule has 136 valence electrons. The topological polar surface area (TPSA) is 110 Å². The monoisotopic (exact) mass is 388 g/mol. The van der Waals surface area contributed by atoms with E-state index in [4.69, 9.17) is 16.3 Å². The van der Waals surface area contributed by atoms with Crippen LogP contribution in [0.15, 0.2) is 29.2 Å². The molecule has 1 saturated heterocycles. The maximum atomic E-state index is 12.2. The van der Waals surface area contributed by atoms with Crippen LogP contribution < -0.4 is 4.72 Å². The van der Waals surface area contributed by atoms with E-state index in [1.54, 1.807) is 0 Å². The fraction of sp³-hybridized carbons (Fsp3) is 0.400. The second-order valence-corrected chi connectivity index (χ2v) is 7.60. The van der Waals surface area contributed by atoms with Gasteiger partial charge in [-0.25, -0.2) is 8.42 Å². The SMILES string of the molecule is C[C@H](NS(=O)(=O)c1cccc(Cl)c1)C(=O)OCC(=O)N1CCCC1=O. The molecule has 8 nitrogen and oxygen atoms in total. The molecule has 0 radical (unpaired) electrons. The smallest absolute Gasteiger partial charge is 0.324 e. The second-order valence-electron chi connectivity index (χ2n) is 5.45. The molecule has 10 heteroatoms. The van der Waals surface area contributed by atoms with E-state index < -0.39 is 34.5 Å². The molecular formula is C15H17ClN2O6S. The molecule has 0 unspecified atom stereocenters. The first kappa shape index (κ1) is 19.4. The van der Waals surface area contributed by atoms with Crippen molar-refractivity contribution in [3.63, 3.8) is 0 Å². The number of hydrogen-bond donors (Lipinski definition) is 1. The third-order valence-electron chi connectivity index (χ3n) is 3.50. The van der Waals surface area contributed by atoms with Crippen molar-refractivity contribution in [2.75, 3.05) is 13.2 Å². The Bertz CT molecular complexity index is 795. The molecule has 1 N–H and O–H groups in total. The molecule has 0 aromatic heterocycles. The molecule has 2 rings (SSSR count). The highest BCUT2D eigenvalue weighted by atomic mass is 35.5. The van der Waals surface area contributed by atoms with Gasteiger partial charge in [0.25, 0.3) is 5.91 Å². The number of rotatable bonds is 6. The van der Waals surface area contributed by atoms with Crippen molar-refractivity contribution in [2.45, 2.75) is 30.7 Å². The van der Waals surface area contributed by atoms with Gasteiger partial charge < -0.3 is 4.74 Å². The number of esters is 1.